The lowest BCUT2D eigenvalue weighted by Crippen LogP contribution is -2.05. The smallest absolute Gasteiger partial charge is 0.213 e. The SMILES string of the molecule is Cc1nc(CNc2ncc(C#N)cc2N)oc1C. The average Bonchev–Trinajstić information content (AvgIpc) is 2.67. The summed E-state index contributed by atoms with van der Waals surface area (Å²) in [4.78, 5) is 8.30. The minimum Gasteiger partial charge on any atom is -0.444 e. The molecule has 0 fully saturated rings. The second-order valence-electron chi connectivity index (χ2n) is 3.88. The van der Waals surface area contributed by atoms with Crippen molar-refractivity contribution in [1.82, 2.24) is 9.97 Å². The zero-order valence-corrected chi connectivity index (χ0v) is 10.2. The summed E-state index contributed by atoms with van der Waals surface area (Å²) in [7, 11) is 0. The van der Waals surface area contributed by atoms with E-state index in [9.17, 15) is 0 Å². The molecule has 3 N–H and O–H groups in total. The zero-order valence-electron chi connectivity index (χ0n) is 10.2. The third kappa shape index (κ3) is 2.40. The van der Waals surface area contributed by atoms with Gasteiger partial charge in [-0.25, -0.2) is 9.97 Å². The fourth-order valence-corrected chi connectivity index (χ4v) is 1.46. The highest BCUT2D eigenvalue weighted by atomic mass is 16.4. The lowest BCUT2D eigenvalue weighted by molar-refractivity contribution is 0.478. The third-order valence-electron chi connectivity index (χ3n) is 2.53. The number of nitriles is 1. The number of hydrogen-bond acceptors (Lipinski definition) is 6. The van der Waals surface area contributed by atoms with Crippen LogP contribution in [0.1, 0.15) is 22.9 Å². The Labute approximate surface area is 104 Å². The van der Waals surface area contributed by atoms with E-state index in [1.54, 1.807) is 6.07 Å². The first-order chi connectivity index (χ1) is 8.60. The van der Waals surface area contributed by atoms with Crippen LogP contribution in [0.3, 0.4) is 0 Å². The van der Waals surface area contributed by atoms with Gasteiger partial charge in [-0.15, -0.1) is 0 Å². The van der Waals surface area contributed by atoms with Crippen LogP contribution in [0.5, 0.6) is 0 Å². The summed E-state index contributed by atoms with van der Waals surface area (Å²) in [6.45, 7) is 4.15. The molecule has 0 amide bonds. The largest absolute Gasteiger partial charge is 0.444 e. The number of anilines is 2. The average molecular weight is 243 g/mol. The monoisotopic (exact) mass is 243 g/mol. The number of nitrogens with zero attached hydrogens (tertiary/aromatic N) is 3. The van der Waals surface area contributed by atoms with E-state index in [2.05, 4.69) is 15.3 Å². The quantitative estimate of drug-likeness (QED) is 0.851. The Balaban J connectivity index is 2.09. The Morgan fingerprint density at radius 3 is 2.83 bits per heavy atom. The van der Waals surface area contributed by atoms with Crippen molar-refractivity contribution < 1.29 is 4.42 Å². The minimum atomic E-state index is 0.401. The van der Waals surface area contributed by atoms with Crippen LogP contribution in [0.2, 0.25) is 0 Å². The molecule has 0 bridgehead atoms. The standard InChI is InChI=1S/C12H13N5O/c1-7-8(2)18-11(17-7)6-16-12-10(14)3-9(4-13)5-15-12/h3,5H,6,14H2,1-2H3,(H,15,16). The minimum absolute atomic E-state index is 0.401. The number of aromatic nitrogens is 2. The summed E-state index contributed by atoms with van der Waals surface area (Å²) in [5.74, 6) is 1.89. The van der Waals surface area contributed by atoms with Gasteiger partial charge in [0.25, 0.3) is 0 Å². The van der Waals surface area contributed by atoms with E-state index in [0.717, 1.165) is 11.5 Å². The van der Waals surface area contributed by atoms with Crippen molar-refractivity contribution in [1.29, 1.82) is 5.26 Å². The first kappa shape index (κ1) is 11.9. The Hall–Kier alpha value is -2.55. The van der Waals surface area contributed by atoms with Crippen LogP contribution >= 0.6 is 0 Å². The summed E-state index contributed by atoms with van der Waals surface area (Å²) < 4.78 is 5.43. The number of aryl methyl sites for hydroxylation is 2. The van der Waals surface area contributed by atoms with Crippen molar-refractivity contribution >= 4 is 11.5 Å². The zero-order chi connectivity index (χ0) is 13.1. The van der Waals surface area contributed by atoms with Gasteiger partial charge in [0.15, 0.2) is 0 Å². The molecule has 2 rings (SSSR count). The molecule has 0 aliphatic carbocycles. The number of oxazole rings is 1. The molecular weight excluding hydrogens is 230 g/mol. The van der Waals surface area contributed by atoms with Gasteiger partial charge in [-0.05, 0) is 19.9 Å². The van der Waals surface area contributed by atoms with Gasteiger partial charge >= 0.3 is 0 Å². The highest BCUT2D eigenvalue weighted by Crippen LogP contribution is 2.17. The van der Waals surface area contributed by atoms with Crippen molar-refractivity contribution in [2.45, 2.75) is 20.4 Å². The van der Waals surface area contributed by atoms with Gasteiger partial charge in [0.05, 0.1) is 23.5 Å². The number of pyridine rings is 1. The summed E-state index contributed by atoms with van der Waals surface area (Å²) in [6, 6.07) is 3.55. The van der Waals surface area contributed by atoms with Crippen LogP contribution in [-0.2, 0) is 6.54 Å². The van der Waals surface area contributed by atoms with Crippen LogP contribution in [0.15, 0.2) is 16.7 Å². The highest BCUT2D eigenvalue weighted by Gasteiger charge is 2.07. The normalized spacial score (nSPS) is 10.1. The topological polar surface area (TPSA) is 101 Å². The maximum absolute atomic E-state index is 8.70. The highest BCUT2D eigenvalue weighted by molar-refractivity contribution is 5.62. The number of nitrogen functional groups attached to an aromatic ring is 1. The van der Waals surface area contributed by atoms with Gasteiger partial charge in [0.1, 0.15) is 17.6 Å². The third-order valence-corrected chi connectivity index (χ3v) is 2.53. The van der Waals surface area contributed by atoms with Crippen molar-refractivity contribution in [3.8, 4) is 6.07 Å². The fourth-order valence-electron chi connectivity index (χ4n) is 1.46. The van der Waals surface area contributed by atoms with E-state index in [4.69, 9.17) is 15.4 Å². The molecule has 2 aromatic rings. The molecule has 0 spiro atoms. The summed E-state index contributed by atoms with van der Waals surface area (Å²) in [5.41, 5.74) is 7.49. The van der Waals surface area contributed by atoms with Crippen molar-refractivity contribution in [3.05, 3.63) is 35.2 Å². The molecule has 0 radical (unpaired) electrons. The first-order valence-electron chi connectivity index (χ1n) is 5.42. The van der Waals surface area contributed by atoms with E-state index in [1.165, 1.54) is 6.20 Å². The number of rotatable bonds is 3. The van der Waals surface area contributed by atoms with Crippen molar-refractivity contribution in [2.24, 2.45) is 0 Å². The molecule has 0 aliphatic rings. The molecule has 6 heteroatoms. The lowest BCUT2D eigenvalue weighted by atomic mass is 10.3. The lowest BCUT2D eigenvalue weighted by Gasteiger charge is -2.05. The van der Waals surface area contributed by atoms with E-state index in [0.29, 0.717) is 29.5 Å². The van der Waals surface area contributed by atoms with E-state index in [-0.39, 0.29) is 0 Å². The van der Waals surface area contributed by atoms with Gasteiger partial charge in [0.2, 0.25) is 5.89 Å². The summed E-state index contributed by atoms with van der Waals surface area (Å²) in [5, 5.41) is 11.7. The van der Waals surface area contributed by atoms with Crippen LogP contribution in [0.25, 0.3) is 0 Å². The molecule has 0 unspecified atom stereocenters. The van der Waals surface area contributed by atoms with Gasteiger partial charge in [-0.3, -0.25) is 0 Å². The molecule has 0 saturated heterocycles. The molecule has 6 nitrogen and oxygen atoms in total. The number of nitrogens with one attached hydrogen (secondary N) is 1. The second kappa shape index (κ2) is 4.75. The molecular formula is C12H13N5O. The van der Waals surface area contributed by atoms with Crippen LogP contribution < -0.4 is 11.1 Å². The predicted octanol–water partition coefficient (Wildman–Crippen LogP) is 1.75. The van der Waals surface area contributed by atoms with Crippen LogP contribution in [-0.4, -0.2) is 9.97 Å². The molecule has 0 aliphatic heterocycles. The fraction of sp³-hybridized carbons (Fsp3) is 0.250. The van der Waals surface area contributed by atoms with Crippen LogP contribution in [0.4, 0.5) is 11.5 Å². The van der Waals surface area contributed by atoms with Gasteiger partial charge < -0.3 is 15.5 Å². The van der Waals surface area contributed by atoms with E-state index < -0.39 is 0 Å². The number of hydrogen-bond donors (Lipinski definition) is 2. The van der Waals surface area contributed by atoms with Gasteiger partial charge in [-0.1, -0.05) is 0 Å². The molecule has 0 aromatic carbocycles. The maximum atomic E-state index is 8.70. The molecule has 2 aromatic heterocycles. The molecule has 0 saturated carbocycles. The Bertz CT molecular complexity index is 592. The van der Waals surface area contributed by atoms with Crippen LogP contribution in [0, 0.1) is 25.2 Å². The van der Waals surface area contributed by atoms with E-state index in [1.807, 2.05) is 19.9 Å². The maximum Gasteiger partial charge on any atom is 0.213 e. The molecule has 0 atom stereocenters. The second-order valence-corrected chi connectivity index (χ2v) is 3.88. The molecule has 92 valence electrons. The number of nitrogens with two attached hydrogens (primary N) is 1. The van der Waals surface area contributed by atoms with Crippen molar-refractivity contribution in [3.63, 3.8) is 0 Å². The Morgan fingerprint density at radius 2 is 2.28 bits per heavy atom. The van der Waals surface area contributed by atoms with Gasteiger partial charge in [0, 0.05) is 6.20 Å². The van der Waals surface area contributed by atoms with Gasteiger partial charge in [-0.2, -0.15) is 5.26 Å². The Morgan fingerprint density at radius 1 is 1.50 bits per heavy atom. The van der Waals surface area contributed by atoms with E-state index >= 15 is 0 Å². The summed E-state index contributed by atoms with van der Waals surface area (Å²) >= 11 is 0. The van der Waals surface area contributed by atoms with Crippen molar-refractivity contribution in [2.75, 3.05) is 11.1 Å². The Kier molecular flexibility index (Phi) is 3.15. The molecule has 18 heavy (non-hydrogen) atoms. The molecule has 2 heterocycles. The first-order valence-corrected chi connectivity index (χ1v) is 5.42. The predicted molar refractivity (Wildman–Crippen MR) is 66.7 cm³/mol. The summed E-state index contributed by atoms with van der Waals surface area (Å²) in [6.07, 6.45) is 1.46.